The van der Waals surface area contributed by atoms with Crippen LogP contribution >= 0.6 is 0 Å². The highest BCUT2D eigenvalue weighted by atomic mass is 32.2. The number of sulfone groups is 1. The summed E-state index contributed by atoms with van der Waals surface area (Å²) in [5, 5.41) is -0.0213. The van der Waals surface area contributed by atoms with Crippen molar-refractivity contribution in [1.82, 2.24) is 14.5 Å². The van der Waals surface area contributed by atoms with Crippen LogP contribution in [0.5, 0.6) is 0 Å². The topological polar surface area (TPSA) is 73.7 Å². The van der Waals surface area contributed by atoms with Gasteiger partial charge < -0.3 is 14.0 Å². The van der Waals surface area contributed by atoms with E-state index in [1.54, 1.807) is 13.3 Å². The van der Waals surface area contributed by atoms with E-state index in [9.17, 15) is 8.42 Å². The third-order valence-corrected chi connectivity index (χ3v) is 8.22. The van der Waals surface area contributed by atoms with E-state index in [4.69, 9.17) is 9.47 Å². The van der Waals surface area contributed by atoms with E-state index in [0.717, 1.165) is 76.8 Å². The van der Waals surface area contributed by atoms with Crippen LogP contribution in [0.4, 0.5) is 0 Å². The van der Waals surface area contributed by atoms with Crippen LogP contribution in [0, 0.1) is 0 Å². The van der Waals surface area contributed by atoms with Gasteiger partial charge in [0.15, 0.2) is 0 Å². The summed E-state index contributed by atoms with van der Waals surface area (Å²) in [6.07, 6.45) is 9.56. The normalized spacial score (nSPS) is 21.8. The van der Waals surface area contributed by atoms with Gasteiger partial charge >= 0.3 is 0 Å². The Morgan fingerprint density at radius 3 is 2.69 bits per heavy atom. The van der Waals surface area contributed by atoms with Crippen molar-refractivity contribution in [1.29, 1.82) is 0 Å². The van der Waals surface area contributed by atoms with E-state index >= 15 is 0 Å². The lowest BCUT2D eigenvalue weighted by Crippen LogP contribution is -2.39. The summed E-state index contributed by atoms with van der Waals surface area (Å²) in [4.78, 5) is 6.80. The van der Waals surface area contributed by atoms with Gasteiger partial charge in [-0.2, -0.15) is 0 Å². The van der Waals surface area contributed by atoms with Crippen molar-refractivity contribution < 1.29 is 17.9 Å². The third-order valence-electron chi connectivity index (χ3n) is 6.03. The van der Waals surface area contributed by atoms with Crippen molar-refractivity contribution in [3.8, 4) is 0 Å². The second kappa shape index (κ2) is 10.9. The van der Waals surface area contributed by atoms with E-state index < -0.39 is 9.84 Å². The molecule has 1 aromatic heterocycles. The minimum atomic E-state index is -3.38. The van der Waals surface area contributed by atoms with Crippen LogP contribution in [-0.2, 0) is 32.4 Å². The van der Waals surface area contributed by atoms with Gasteiger partial charge in [-0.1, -0.05) is 19.8 Å². The predicted molar refractivity (Wildman–Crippen MR) is 113 cm³/mol. The second-order valence-corrected chi connectivity index (χ2v) is 10.5. The molecular formula is C21H37N3O4S. The molecule has 1 unspecified atom stereocenters. The van der Waals surface area contributed by atoms with E-state index in [0.29, 0.717) is 19.7 Å². The maximum Gasteiger partial charge on any atom is 0.228 e. The lowest BCUT2D eigenvalue weighted by atomic mass is 10.1. The molecule has 0 radical (unpaired) electrons. The van der Waals surface area contributed by atoms with Gasteiger partial charge in [-0.25, -0.2) is 13.4 Å². The standard InChI is InChI=1S/C21H37N3O4S/c1-3-13-28-19-8-6-11-23(17-19)16-18-15-22-21(24(18)12-7-14-27-2)29(25,26)20-9-4-5-10-20/h15,19-20H,3-14,16-17H2,1-2H3. The minimum Gasteiger partial charge on any atom is -0.385 e. The Morgan fingerprint density at radius 1 is 1.17 bits per heavy atom. The Kier molecular flexibility index (Phi) is 8.53. The molecular weight excluding hydrogens is 390 g/mol. The summed E-state index contributed by atoms with van der Waals surface area (Å²) >= 11 is 0. The Hall–Kier alpha value is -0.960. The van der Waals surface area contributed by atoms with Crippen LogP contribution < -0.4 is 0 Å². The van der Waals surface area contributed by atoms with Gasteiger partial charge in [0, 0.05) is 40.0 Å². The largest absolute Gasteiger partial charge is 0.385 e. The molecule has 2 aliphatic rings. The number of methoxy groups -OCH3 is 1. The molecule has 166 valence electrons. The van der Waals surface area contributed by atoms with E-state index in [1.807, 2.05) is 4.57 Å². The van der Waals surface area contributed by atoms with Crippen LogP contribution in [-0.4, -0.2) is 67.6 Å². The van der Waals surface area contributed by atoms with Crippen LogP contribution in [0.3, 0.4) is 0 Å². The highest BCUT2D eigenvalue weighted by Crippen LogP contribution is 2.30. The quantitative estimate of drug-likeness (QED) is 0.506. The number of nitrogens with zero attached hydrogens (tertiary/aromatic N) is 3. The molecule has 29 heavy (non-hydrogen) atoms. The average molecular weight is 428 g/mol. The van der Waals surface area contributed by atoms with Gasteiger partial charge in [-0.15, -0.1) is 0 Å². The number of likely N-dealkylation sites (tertiary alicyclic amines) is 1. The molecule has 0 bridgehead atoms. The van der Waals surface area contributed by atoms with Gasteiger partial charge in [-0.3, -0.25) is 4.90 Å². The monoisotopic (exact) mass is 427 g/mol. The number of imidazole rings is 1. The predicted octanol–water partition coefficient (Wildman–Crippen LogP) is 3.03. The molecule has 0 N–H and O–H groups in total. The molecule has 1 saturated carbocycles. The van der Waals surface area contributed by atoms with Gasteiger partial charge in [0.1, 0.15) is 0 Å². The molecule has 0 aromatic carbocycles. The molecule has 2 heterocycles. The molecule has 2 fully saturated rings. The highest BCUT2D eigenvalue weighted by Gasteiger charge is 2.34. The van der Waals surface area contributed by atoms with Crippen LogP contribution in [0.25, 0.3) is 0 Å². The Morgan fingerprint density at radius 2 is 1.97 bits per heavy atom. The fourth-order valence-electron chi connectivity index (χ4n) is 4.51. The zero-order valence-corrected chi connectivity index (χ0v) is 18.8. The van der Waals surface area contributed by atoms with Crippen molar-refractivity contribution in [3.05, 3.63) is 11.9 Å². The molecule has 1 saturated heterocycles. The SMILES string of the molecule is CCCOC1CCCN(Cc2cnc(S(=O)(=O)C3CCCC3)n2CCCOC)C1. The summed E-state index contributed by atoms with van der Waals surface area (Å²) < 4.78 is 39.5. The number of aromatic nitrogens is 2. The first kappa shape index (κ1) is 22.7. The number of piperidine rings is 1. The van der Waals surface area contributed by atoms with Crippen molar-refractivity contribution in [2.75, 3.05) is 33.4 Å². The first-order chi connectivity index (χ1) is 14.1. The van der Waals surface area contributed by atoms with Crippen molar-refractivity contribution >= 4 is 9.84 Å². The number of hydrogen-bond donors (Lipinski definition) is 0. The van der Waals surface area contributed by atoms with Crippen LogP contribution in [0.15, 0.2) is 11.4 Å². The lowest BCUT2D eigenvalue weighted by molar-refractivity contribution is -0.00284. The Balaban J connectivity index is 1.76. The van der Waals surface area contributed by atoms with Crippen molar-refractivity contribution in [2.45, 2.75) is 87.9 Å². The maximum atomic E-state index is 13.2. The summed E-state index contributed by atoms with van der Waals surface area (Å²) in [5.41, 5.74) is 0.980. The second-order valence-electron chi connectivity index (χ2n) is 8.35. The lowest BCUT2D eigenvalue weighted by Gasteiger charge is -2.32. The van der Waals surface area contributed by atoms with Gasteiger partial charge in [0.2, 0.25) is 15.0 Å². The Labute approximate surface area is 175 Å². The third kappa shape index (κ3) is 5.81. The summed E-state index contributed by atoms with van der Waals surface area (Å²) in [6.45, 7) is 6.79. The molecule has 1 aromatic rings. The van der Waals surface area contributed by atoms with Crippen LogP contribution in [0.2, 0.25) is 0 Å². The molecule has 1 atom stereocenters. The Bertz CT molecular complexity index is 728. The number of rotatable bonds is 11. The van der Waals surface area contributed by atoms with E-state index in [1.165, 1.54) is 0 Å². The molecule has 0 spiro atoms. The fraction of sp³-hybridized carbons (Fsp3) is 0.857. The molecule has 1 aliphatic carbocycles. The van der Waals surface area contributed by atoms with Crippen LogP contribution in [0.1, 0.15) is 64.0 Å². The van der Waals surface area contributed by atoms with Crippen molar-refractivity contribution in [2.24, 2.45) is 0 Å². The van der Waals surface area contributed by atoms with E-state index in [2.05, 4.69) is 16.8 Å². The zero-order valence-electron chi connectivity index (χ0n) is 18.0. The van der Waals surface area contributed by atoms with Gasteiger partial charge in [0.25, 0.3) is 0 Å². The zero-order chi connectivity index (χ0) is 20.7. The van der Waals surface area contributed by atoms with Gasteiger partial charge in [0.05, 0.1) is 23.2 Å². The van der Waals surface area contributed by atoms with Gasteiger partial charge in [-0.05, 0) is 45.1 Å². The van der Waals surface area contributed by atoms with Crippen molar-refractivity contribution in [3.63, 3.8) is 0 Å². The maximum absolute atomic E-state index is 13.2. The summed E-state index contributed by atoms with van der Waals surface area (Å²) in [5.74, 6) is 0. The smallest absolute Gasteiger partial charge is 0.228 e. The molecule has 7 nitrogen and oxygen atoms in total. The molecule has 1 aliphatic heterocycles. The first-order valence-corrected chi connectivity index (χ1v) is 12.7. The summed E-state index contributed by atoms with van der Waals surface area (Å²) in [7, 11) is -1.71. The molecule has 3 rings (SSSR count). The fourth-order valence-corrected chi connectivity index (χ4v) is 6.47. The van der Waals surface area contributed by atoms with E-state index in [-0.39, 0.29) is 16.5 Å². The average Bonchev–Trinajstić information content (AvgIpc) is 3.38. The number of hydrogen-bond acceptors (Lipinski definition) is 6. The first-order valence-electron chi connectivity index (χ1n) is 11.2. The summed E-state index contributed by atoms with van der Waals surface area (Å²) in [6, 6.07) is 0. The highest BCUT2D eigenvalue weighted by molar-refractivity contribution is 7.91. The molecule has 8 heteroatoms. The minimum absolute atomic E-state index is 0.256. The molecule has 0 amide bonds. The number of ether oxygens (including phenoxy) is 2.